The monoisotopic (exact) mass is 268 g/mol. The summed E-state index contributed by atoms with van der Waals surface area (Å²) in [5.74, 6) is -2.53. The Balaban J connectivity index is 2.15. The van der Waals surface area contributed by atoms with E-state index in [9.17, 15) is 18.4 Å². The van der Waals surface area contributed by atoms with Crippen molar-refractivity contribution in [1.82, 2.24) is 14.9 Å². The zero-order valence-corrected chi connectivity index (χ0v) is 9.69. The number of hydrogen-bond acceptors (Lipinski definition) is 3. The van der Waals surface area contributed by atoms with Crippen molar-refractivity contribution in [2.24, 2.45) is 5.73 Å². The zero-order valence-electron chi connectivity index (χ0n) is 9.69. The van der Waals surface area contributed by atoms with Crippen LogP contribution in [-0.4, -0.2) is 21.5 Å². The first-order chi connectivity index (χ1) is 8.97. The Kier molecular flexibility index (Phi) is 3.41. The van der Waals surface area contributed by atoms with Crippen LogP contribution < -0.4 is 11.1 Å². The van der Waals surface area contributed by atoms with Crippen LogP contribution in [0.4, 0.5) is 13.6 Å². The Labute approximate surface area is 106 Å². The first-order valence-electron chi connectivity index (χ1n) is 5.36. The number of amides is 3. The number of carbonyl (C=O) groups excluding carboxylic acids is 2. The van der Waals surface area contributed by atoms with Gasteiger partial charge in [0.2, 0.25) is 5.91 Å². The summed E-state index contributed by atoms with van der Waals surface area (Å²) in [6.45, 7) is 0.167. The summed E-state index contributed by atoms with van der Waals surface area (Å²) in [4.78, 5) is 25.6. The van der Waals surface area contributed by atoms with Gasteiger partial charge in [-0.3, -0.25) is 10.1 Å². The van der Waals surface area contributed by atoms with Crippen molar-refractivity contribution in [3.63, 3.8) is 0 Å². The third-order valence-corrected chi connectivity index (χ3v) is 2.51. The minimum atomic E-state index is -0.990. The van der Waals surface area contributed by atoms with Crippen LogP contribution in [0.2, 0.25) is 0 Å². The van der Waals surface area contributed by atoms with Crippen molar-refractivity contribution in [3.05, 3.63) is 30.1 Å². The molecule has 0 aliphatic carbocycles. The van der Waals surface area contributed by atoms with Crippen LogP contribution in [0.25, 0.3) is 11.0 Å². The van der Waals surface area contributed by atoms with E-state index in [2.05, 4.69) is 4.98 Å². The van der Waals surface area contributed by atoms with Crippen molar-refractivity contribution < 1.29 is 18.4 Å². The Bertz CT molecular complexity index is 653. The number of aromatic nitrogens is 2. The van der Waals surface area contributed by atoms with Crippen LogP contribution in [0.3, 0.4) is 0 Å². The Morgan fingerprint density at radius 3 is 2.68 bits per heavy atom. The van der Waals surface area contributed by atoms with E-state index < -0.39 is 23.6 Å². The summed E-state index contributed by atoms with van der Waals surface area (Å²) < 4.78 is 27.6. The molecular formula is C11H10F2N4O2. The highest BCUT2D eigenvalue weighted by Gasteiger charge is 2.10. The highest BCUT2D eigenvalue weighted by Crippen LogP contribution is 2.17. The van der Waals surface area contributed by atoms with Crippen LogP contribution >= 0.6 is 0 Å². The molecule has 0 spiro atoms. The van der Waals surface area contributed by atoms with Crippen LogP contribution in [0.15, 0.2) is 18.5 Å². The maximum absolute atomic E-state index is 13.1. The van der Waals surface area contributed by atoms with E-state index in [-0.39, 0.29) is 18.5 Å². The smallest absolute Gasteiger partial charge is 0.318 e. The molecular weight excluding hydrogens is 258 g/mol. The van der Waals surface area contributed by atoms with Gasteiger partial charge in [-0.2, -0.15) is 0 Å². The van der Waals surface area contributed by atoms with Gasteiger partial charge in [-0.1, -0.05) is 0 Å². The molecule has 0 bridgehead atoms. The fourth-order valence-corrected chi connectivity index (χ4v) is 1.65. The summed E-state index contributed by atoms with van der Waals surface area (Å²) in [7, 11) is 0. The molecule has 0 fully saturated rings. The Hall–Kier alpha value is -2.51. The molecule has 0 saturated carbocycles. The molecule has 8 heteroatoms. The van der Waals surface area contributed by atoms with E-state index in [1.54, 1.807) is 0 Å². The molecule has 1 aromatic heterocycles. The average molecular weight is 268 g/mol. The molecule has 0 aliphatic rings. The molecule has 2 rings (SSSR count). The largest absolute Gasteiger partial charge is 0.351 e. The Morgan fingerprint density at radius 2 is 2.00 bits per heavy atom. The molecule has 0 aliphatic heterocycles. The zero-order chi connectivity index (χ0) is 14.0. The molecule has 3 N–H and O–H groups in total. The van der Waals surface area contributed by atoms with Crippen molar-refractivity contribution in [1.29, 1.82) is 0 Å². The number of primary amides is 1. The summed E-state index contributed by atoms with van der Waals surface area (Å²) in [6, 6.07) is 1.04. The molecule has 0 unspecified atom stereocenters. The predicted molar refractivity (Wildman–Crippen MR) is 62.0 cm³/mol. The number of fused-ring (bicyclic) bond motifs is 1. The average Bonchev–Trinajstić information content (AvgIpc) is 2.69. The lowest BCUT2D eigenvalue weighted by atomic mass is 10.3. The molecule has 2 aromatic rings. The van der Waals surface area contributed by atoms with E-state index in [0.717, 1.165) is 12.1 Å². The SMILES string of the molecule is NC(=O)NC(=O)CCn1cnc2cc(F)c(F)cc21. The maximum atomic E-state index is 13.1. The number of nitrogens with zero attached hydrogens (tertiary/aromatic N) is 2. The van der Waals surface area contributed by atoms with E-state index in [1.807, 2.05) is 5.32 Å². The molecule has 100 valence electrons. The molecule has 3 amide bonds. The highest BCUT2D eigenvalue weighted by atomic mass is 19.2. The minimum Gasteiger partial charge on any atom is -0.351 e. The van der Waals surface area contributed by atoms with Gasteiger partial charge in [-0.05, 0) is 0 Å². The lowest BCUT2D eigenvalue weighted by molar-refractivity contribution is -0.120. The summed E-state index contributed by atoms with van der Waals surface area (Å²) in [5, 5.41) is 1.91. The standard InChI is InChI=1S/C11H10F2N4O2/c12-6-3-8-9(4-7(6)13)17(5-15-8)2-1-10(18)16-11(14)19/h3-5H,1-2H2,(H3,14,16,18,19). The minimum absolute atomic E-state index is 0.0343. The number of carbonyl (C=O) groups is 2. The van der Waals surface area contributed by atoms with Crippen LogP contribution in [0.5, 0.6) is 0 Å². The Morgan fingerprint density at radius 1 is 1.32 bits per heavy atom. The van der Waals surface area contributed by atoms with Gasteiger partial charge in [-0.25, -0.2) is 18.6 Å². The number of nitrogens with two attached hydrogens (primary N) is 1. The lowest BCUT2D eigenvalue weighted by Gasteiger charge is -2.04. The quantitative estimate of drug-likeness (QED) is 0.866. The number of benzene rings is 1. The fourth-order valence-electron chi connectivity index (χ4n) is 1.65. The first kappa shape index (κ1) is 12.9. The number of rotatable bonds is 3. The van der Waals surface area contributed by atoms with Crippen molar-refractivity contribution in [2.45, 2.75) is 13.0 Å². The molecule has 0 radical (unpaired) electrons. The third-order valence-electron chi connectivity index (χ3n) is 2.51. The molecule has 6 nitrogen and oxygen atoms in total. The molecule has 0 atom stereocenters. The van der Waals surface area contributed by atoms with Crippen molar-refractivity contribution in [2.75, 3.05) is 0 Å². The second-order valence-electron chi connectivity index (χ2n) is 3.86. The van der Waals surface area contributed by atoms with E-state index in [4.69, 9.17) is 5.73 Å². The summed E-state index contributed by atoms with van der Waals surface area (Å²) >= 11 is 0. The highest BCUT2D eigenvalue weighted by molar-refractivity contribution is 5.93. The number of hydrogen-bond donors (Lipinski definition) is 2. The lowest BCUT2D eigenvalue weighted by Crippen LogP contribution is -2.35. The second kappa shape index (κ2) is 5.01. The van der Waals surface area contributed by atoms with Gasteiger partial charge in [0.15, 0.2) is 11.6 Å². The first-order valence-corrected chi connectivity index (χ1v) is 5.36. The topological polar surface area (TPSA) is 90.0 Å². The van der Waals surface area contributed by atoms with Gasteiger partial charge in [0.05, 0.1) is 17.4 Å². The number of aryl methyl sites for hydroxylation is 1. The summed E-state index contributed by atoms with van der Waals surface area (Å²) in [6.07, 6.45) is 1.33. The number of halogens is 2. The van der Waals surface area contributed by atoms with Gasteiger partial charge in [0.1, 0.15) is 0 Å². The maximum Gasteiger partial charge on any atom is 0.318 e. The van der Waals surface area contributed by atoms with Crippen LogP contribution in [-0.2, 0) is 11.3 Å². The number of urea groups is 1. The second-order valence-corrected chi connectivity index (χ2v) is 3.86. The molecule has 19 heavy (non-hydrogen) atoms. The van der Waals surface area contributed by atoms with E-state index in [1.165, 1.54) is 10.9 Å². The van der Waals surface area contributed by atoms with Gasteiger partial charge < -0.3 is 10.3 Å². The van der Waals surface area contributed by atoms with E-state index in [0.29, 0.717) is 5.52 Å². The van der Waals surface area contributed by atoms with Gasteiger partial charge in [0.25, 0.3) is 0 Å². The van der Waals surface area contributed by atoms with Crippen LogP contribution in [0, 0.1) is 11.6 Å². The third kappa shape index (κ3) is 2.84. The summed E-state index contributed by atoms with van der Waals surface area (Å²) in [5.41, 5.74) is 5.44. The molecule has 1 aromatic carbocycles. The fraction of sp³-hybridized carbons (Fsp3) is 0.182. The van der Waals surface area contributed by atoms with Gasteiger partial charge >= 0.3 is 6.03 Å². The van der Waals surface area contributed by atoms with Crippen molar-refractivity contribution >= 4 is 23.0 Å². The van der Waals surface area contributed by atoms with Crippen LogP contribution in [0.1, 0.15) is 6.42 Å². The number of imide groups is 1. The normalized spacial score (nSPS) is 10.6. The van der Waals surface area contributed by atoms with Crippen molar-refractivity contribution in [3.8, 4) is 0 Å². The molecule has 0 saturated heterocycles. The number of nitrogens with one attached hydrogen (secondary N) is 1. The van der Waals surface area contributed by atoms with Gasteiger partial charge in [0, 0.05) is 25.1 Å². The van der Waals surface area contributed by atoms with Gasteiger partial charge in [-0.15, -0.1) is 0 Å². The number of imidazole rings is 1. The predicted octanol–water partition coefficient (Wildman–Crippen LogP) is 0.899. The van der Waals surface area contributed by atoms with E-state index >= 15 is 0 Å². The molecule has 1 heterocycles.